The van der Waals surface area contributed by atoms with E-state index in [1.165, 1.54) is 0 Å². The zero-order chi connectivity index (χ0) is 11.9. The van der Waals surface area contributed by atoms with Gasteiger partial charge < -0.3 is 5.32 Å². The van der Waals surface area contributed by atoms with E-state index in [-0.39, 0.29) is 17.0 Å². The van der Waals surface area contributed by atoms with Gasteiger partial charge in [0.15, 0.2) is 0 Å². The number of carbonyl (C=O) groups is 1. The summed E-state index contributed by atoms with van der Waals surface area (Å²) in [5.41, 5.74) is -0.499. The van der Waals surface area contributed by atoms with Crippen LogP contribution in [-0.2, 0) is 4.79 Å². The number of rotatable bonds is 2. The maximum Gasteiger partial charge on any atom is 0.240 e. The fourth-order valence-corrected chi connectivity index (χ4v) is 2.18. The number of nitrogens with one attached hydrogen (secondary N) is 1. The van der Waals surface area contributed by atoms with Gasteiger partial charge in [-0.2, -0.15) is 0 Å². The zero-order valence-electron chi connectivity index (χ0n) is 10.8. The Hall–Kier alpha value is -0.570. The Labute approximate surface area is 93.2 Å². The lowest BCUT2D eigenvalue weighted by molar-refractivity contribution is -0.141. The van der Waals surface area contributed by atoms with Gasteiger partial charge in [0.05, 0.1) is 5.54 Å². The summed E-state index contributed by atoms with van der Waals surface area (Å²) in [4.78, 5) is 14.3. The number of carbonyl (C=O) groups excluding carboxylic acids is 1. The predicted octanol–water partition coefficient (Wildman–Crippen LogP) is 1.77. The molecule has 3 nitrogen and oxygen atoms in total. The normalized spacial score (nSPS) is 27.2. The second-order valence-corrected chi connectivity index (χ2v) is 5.78. The molecule has 1 aliphatic rings. The van der Waals surface area contributed by atoms with Crippen LogP contribution in [0.25, 0.3) is 0 Å². The molecule has 1 amide bonds. The molecule has 3 heteroatoms. The highest BCUT2D eigenvalue weighted by molar-refractivity contribution is 5.87. The number of amides is 1. The van der Waals surface area contributed by atoms with Crippen molar-refractivity contribution in [1.29, 1.82) is 0 Å². The Bertz CT molecular complexity index is 258. The van der Waals surface area contributed by atoms with Crippen LogP contribution in [0.5, 0.6) is 0 Å². The van der Waals surface area contributed by atoms with E-state index in [9.17, 15) is 4.79 Å². The lowest BCUT2D eigenvalue weighted by Crippen LogP contribution is -2.70. The third-order valence-electron chi connectivity index (χ3n) is 3.41. The van der Waals surface area contributed by atoms with Crippen LogP contribution in [0.4, 0.5) is 0 Å². The Morgan fingerprint density at radius 2 is 1.93 bits per heavy atom. The first-order valence-corrected chi connectivity index (χ1v) is 5.80. The minimum Gasteiger partial charge on any atom is -0.348 e. The third kappa shape index (κ3) is 2.33. The largest absolute Gasteiger partial charge is 0.348 e. The first kappa shape index (κ1) is 12.5. The molecule has 0 aromatic carbocycles. The van der Waals surface area contributed by atoms with Crippen molar-refractivity contribution in [2.75, 3.05) is 6.54 Å². The SMILES string of the molecule is CCC(C)N1CC(C)(C)NC(=O)C1(C)C. The Morgan fingerprint density at radius 3 is 2.40 bits per heavy atom. The molecule has 1 rings (SSSR count). The van der Waals surface area contributed by atoms with Crippen LogP contribution in [0, 0.1) is 0 Å². The van der Waals surface area contributed by atoms with Gasteiger partial charge in [0.25, 0.3) is 0 Å². The lowest BCUT2D eigenvalue weighted by atomic mass is 9.88. The van der Waals surface area contributed by atoms with Gasteiger partial charge >= 0.3 is 0 Å². The first-order chi connectivity index (χ1) is 6.70. The second-order valence-electron chi connectivity index (χ2n) is 5.78. The molecule has 0 spiro atoms. The first-order valence-electron chi connectivity index (χ1n) is 5.80. The molecule has 0 aromatic rings. The fraction of sp³-hybridized carbons (Fsp3) is 0.917. The van der Waals surface area contributed by atoms with Gasteiger partial charge in [-0.3, -0.25) is 9.69 Å². The topological polar surface area (TPSA) is 32.3 Å². The summed E-state index contributed by atoms with van der Waals surface area (Å²) < 4.78 is 0. The highest BCUT2D eigenvalue weighted by Gasteiger charge is 2.45. The molecule has 88 valence electrons. The van der Waals surface area contributed by atoms with Gasteiger partial charge in [-0.25, -0.2) is 0 Å². The number of piperazine rings is 1. The van der Waals surface area contributed by atoms with Crippen LogP contribution in [-0.4, -0.2) is 34.5 Å². The maximum atomic E-state index is 12.0. The van der Waals surface area contributed by atoms with E-state index >= 15 is 0 Å². The number of hydrogen-bond donors (Lipinski definition) is 1. The minimum absolute atomic E-state index is 0.115. The van der Waals surface area contributed by atoms with Gasteiger partial charge in [0.2, 0.25) is 5.91 Å². The molecule has 0 aliphatic carbocycles. The van der Waals surface area contributed by atoms with Crippen molar-refractivity contribution in [1.82, 2.24) is 10.2 Å². The van der Waals surface area contributed by atoms with Crippen molar-refractivity contribution in [3.63, 3.8) is 0 Å². The summed E-state index contributed by atoms with van der Waals surface area (Å²) in [7, 11) is 0. The van der Waals surface area contributed by atoms with Gasteiger partial charge in [-0.1, -0.05) is 6.92 Å². The van der Waals surface area contributed by atoms with Crippen molar-refractivity contribution in [3.05, 3.63) is 0 Å². The molecule has 0 saturated carbocycles. The van der Waals surface area contributed by atoms with Crippen LogP contribution in [0.1, 0.15) is 48.0 Å². The molecular weight excluding hydrogens is 188 g/mol. The van der Waals surface area contributed by atoms with Gasteiger partial charge in [0, 0.05) is 18.1 Å². The van der Waals surface area contributed by atoms with Crippen molar-refractivity contribution in [2.45, 2.75) is 65.1 Å². The quantitative estimate of drug-likeness (QED) is 0.756. The summed E-state index contributed by atoms with van der Waals surface area (Å²) in [5.74, 6) is 0.138. The molecule has 1 saturated heterocycles. The molecular formula is C12H24N2O. The van der Waals surface area contributed by atoms with E-state index in [1.54, 1.807) is 0 Å². The number of nitrogens with zero attached hydrogens (tertiary/aromatic N) is 1. The highest BCUT2D eigenvalue weighted by atomic mass is 16.2. The van der Waals surface area contributed by atoms with Gasteiger partial charge in [0.1, 0.15) is 0 Å². The highest BCUT2D eigenvalue weighted by Crippen LogP contribution is 2.27. The Kier molecular flexibility index (Phi) is 3.15. The van der Waals surface area contributed by atoms with Gasteiger partial charge in [-0.05, 0) is 41.0 Å². The van der Waals surface area contributed by atoms with Crippen LogP contribution in [0.15, 0.2) is 0 Å². The third-order valence-corrected chi connectivity index (χ3v) is 3.41. The smallest absolute Gasteiger partial charge is 0.240 e. The molecule has 1 atom stereocenters. The zero-order valence-corrected chi connectivity index (χ0v) is 10.8. The summed E-state index contributed by atoms with van der Waals surface area (Å²) in [6, 6.07) is 0.449. The van der Waals surface area contributed by atoms with Crippen LogP contribution >= 0.6 is 0 Å². The molecule has 1 heterocycles. The standard InChI is InChI=1S/C12H24N2O/c1-7-9(2)14-8-11(3,4)13-10(15)12(14,5)6/h9H,7-8H2,1-6H3,(H,13,15). The molecule has 15 heavy (non-hydrogen) atoms. The average molecular weight is 212 g/mol. The predicted molar refractivity (Wildman–Crippen MR) is 62.8 cm³/mol. The van der Waals surface area contributed by atoms with Crippen molar-refractivity contribution in [2.24, 2.45) is 0 Å². The Morgan fingerprint density at radius 1 is 1.40 bits per heavy atom. The van der Waals surface area contributed by atoms with E-state index in [4.69, 9.17) is 0 Å². The van der Waals surface area contributed by atoms with E-state index < -0.39 is 0 Å². The van der Waals surface area contributed by atoms with E-state index in [0.29, 0.717) is 6.04 Å². The van der Waals surface area contributed by atoms with Crippen molar-refractivity contribution < 1.29 is 4.79 Å². The van der Waals surface area contributed by atoms with E-state index in [0.717, 1.165) is 13.0 Å². The molecule has 1 aliphatic heterocycles. The molecule has 0 aromatic heterocycles. The van der Waals surface area contributed by atoms with Crippen molar-refractivity contribution >= 4 is 5.91 Å². The minimum atomic E-state index is -0.384. The van der Waals surface area contributed by atoms with Crippen LogP contribution < -0.4 is 5.32 Å². The molecule has 1 N–H and O–H groups in total. The summed E-state index contributed by atoms with van der Waals surface area (Å²) in [6.07, 6.45) is 1.08. The van der Waals surface area contributed by atoms with E-state index in [2.05, 4.69) is 37.9 Å². The van der Waals surface area contributed by atoms with Gasteiger partial charge in [-0.15, -0.1) is 0 Å². The molecule has 1 fully saturated rings. The lowest BCUT2D eigenvalue weighted by Gasteiger charge is -2.50. The monoisotopic (exact) mass is 212 g/mol. The van der Waals surface area contributed by atoms with Crippen LogP contribution in [0.3, 0.4) is 0 Å². The Balaban J connectivity index is 2.95. The molecule has 1 unspecified atom stereocenters. The maximum absolute atomic E-state index is 12.0. The van der Waals surface area contributed by atoms with E-state index in [1.807, 2.05) is 13.8 Å². The summed E-state index contributed by atoms with van der Waals surface area (Å²) in [5, 5.41) is 3.07. The summed E-state index contributed by atoms with van der Waals surface area (Å²) in [6.45, 7) is 13.4. The molecule has 0 radical (unpaired) electrons. The number of hydrogen-bond acceptors (Lipinski definition) is 2. The summed E-state index contributed by atoms with van der Waals surface area (Å²) >= 11 is 0. The average Bonchev–Trinajstić information content (AvgIpc) is 2.10. The molecule has 0 bridgehead atoms. The second kappa shape index (κ2) is 3.78. The van der Waals surface area contributed by atoms with Crippen LogP contribution in [0.2, 0.25) is 0 Å². The van der Waals surface area contributed by atoms with Crippen molar-refractivity contribution in [3.8, 4) is 0 Å². The fourth-order valence-electron chi connectivity index (χ4n) is 2.18.